The van der Waals surface area contributed by atoms with Gasteiger partial charge in [-0.1, -0.05) is 12.1 Å². The molecule has 26 heavy (non-hydrogen) atoms. The Morgan fingerprint density at radius 2 is 1.96 bits per heavy atom. The lowest BCUT2D eigenvalue weighted by Crippen LogP contribution is -2.32. The van der Waals surface area contributed by atoms with Crippen LogP contribution in [-0.2, 0) is 24.4 Å². The van der Waals surface area contributed by atoms with Crippen molar-refractivity contribution in [2.75, 3.05) is 13.2 Å². The van der Waals surface area contributed by atoms with Crippen molar-refractivity contribution < 1.29 is 9.84 Å². The van der Waals surface area contributed by atoms with Gasteiger partial charge in [-0.3, -0.25) is 9.88 Å². The van der Waals surface area contributed by atoms with Gasteiger partial charge in [-0.05, 0) is 73.6 Å². The zero-order valence-electron chi connectivity index (χ0n) is 16.2. The molecule has 1 aliphatic rings. The Labute approximate surface area is 156 Å². The molecule has 1 aliphatic heterocycles. The molecule has 1 saturated heterocycles. The summed E-state index contributed by atoms with van der Waals surface area (Å²) in [6.45, 7) is 9.91. The van der Waals surface area contributed by atoms with E-state index in [0.29, 0.717) is 6.10 Å². The van der Waals surface area contributed by atoms with Crippen molar-refractivity contribution >= 4 is 0 Å². The average Bonchev–Trinajstić information content (AvgIpc) is 3.12. The van der Waals surface area contributed by atoms with Gasteiger partial charge in [-0.15, -0.1) is 0 Å². The third-order valence-corrected chi connectivity index (χ3v) is 5.43. The number of rotatable bonds is 7. The third kappa shape index (κ3) is 4.50. The lowest BCUT2D eigenvalue weighted by Gasteiger charge is -2.27. The van der Waals surface area contributed by atoms with Crippen LogP contribution < -0.4 is 0 Å². The smallest absolute Gasteiger partial charge is 0.0703 e. The van der Waals surface area contributed by atoms with Gasteiger partial charge in [0, 0.05) is 32.4 Å². The molecule has 2 heterocycles. The predicted molar refractivity (Wildman–Crippen MR) is 104 cm³/mol. The molecule has 0 radical (unpaired) electrons. The Kier molecular flexibility index (Phi) is 6.41. The minimum Gasteiger partial charge on any atom is -0.392 e. The van der Waals surface area contributed by atoms with Crippen LogP contribution in [0.15, 0.2) is 30.5 Å². The SMILES string of the molecule is Cc1cc(C)c(CN(Cc2ccccn2)CC2CCCO2)c(C)c1CO. The molecule has 140 valence electrons. The van der Waals surface area contributed by atoms with Gasteiger partial charge >= 0.3 is 0 Å². The summed E-state index contributed by atoms with van der Waals surface area (Å²) in [4.78, 5) is 6.94. The highest BCUT2D eigenvalue weighted by atomic mass is 16.5. The first-order valence-electron chi connectivity index (χ1n) is 9.51. The van der Waals surface area contributed by atoms with E-state index in [1.807, 2.05) is 18.3 Å². The fourth-order valence-electron chi connectivity index (χ4n) is 3.96. The summed E-state index contributed by atoms with van der Waals surface area (Å²) in [6, 6.07) is 8.27. The van der Waals surface area contributed by atoms with E-state index in [1.54, 1.807) is 0 Å². The predicted octanol–water partition coefficient (Wildman–Crippen LogP) is 3.68. The molecule has 3 rings (SSSR count). The molecule has 1 unspecified atom stereocenters. The summed E-state index contributed by atoms with van der Waals surface area (Å²) in [5, 5.41) is 9.77. The zero-order chi connectivity index (χ0) is 18.5. The van der Waals surface area contributed by atoms with Gasteiger partial charge in [-0.2, -0.15) is 0 Å². The Morgan fingerprint density at radius 1 is 1.15 bits per heavy atom. The topological polar surface area (TPSA) is 45.6 Å². The number of hydrogen-bond acceptors (Lipinski definition) is 4. The van der Waals surface area contributed by atoms with Crippen molar-refractivity contribution in [2.24, 2.45) is 0 Å². The number of pyridine rings is 1. The van der Waals surface area contributed by atoms with E-state index >= 15 is 0 Å². The fraction of sp³-hybridized carbons (Fsp3) is 0.500. The molecule has 0 aliphatic carbocycles. The monoisotopic (exact) mass is 354 g/mol. The molecule has 1 atom stereocenters. The Hall–Kier alpha value is -1.75. The van der Waals surface area contributed by atoms with Gasteiger partial charge < -0.3 is 9.84 Å². The third-order valence-electron chi connectivity index (χ3n) is 5.43. The van der Waals surface area contributed by atoms with Crippen LogP contribution in [0.5, 0.6) is 0 Å². The summed E-state index contributed by atoms with van der Waals surface area (Å²) >= 11 is 0. The maximum atomic E-state index is 9.77. The Bertz CT molecular complexity index is 725. The van der Waals surface area contributed by atoms with E-state index in [9.17, 15) is 5.11 Å². The number of ether oxygens (including phenoxy) is 1. The largest absolute Gasteiger partial charge is 0.392 e. The molecule has 4 nitrogen and oxygen atoms in total. The number of hydrogen-bond donors (Lipinski definition) is 1. The molecule has 2 aromatic rings. The summed E-state index contributed by atoms with van der Waals surface area (Å²) in [5.74, 6) is 0. The number of benzene rings is 1. The van der Waals surface area contributed by atoms with Gasteiger partial charge in [0.2, 0.25) is 0 Å². The van der Waals surface area contributed by atoms with Gasteiger partial charge in [-0.25, -0.2) is 0 Å². The maximum Gasteiger partial charge on any atom is 0.0703 e. The van der Waals surface area contributed by atoms with Crippen LogP contribution in [0.1, 0.15) is 46.4 Å². The first-order valence-corrected chi connectivity index (χ1v) is 9.51. The number of aryl methyl sites for hydroxylation is 2. The van der Waals surface area contributed by atoms with E-state index in [1.165, 1.54) is 22.3 Å². The Balaban J connectivity index is 1.85. The molecular weight excluding hydrogens is 324 g/mol. The lowest BCUT2D eigenvalue weighted by atomic mass is 9.93. The molecule has 0 amide bonds. The van der Waals surface area contributed by atoms with Crippen molar-refractivity contribution in [3.8, 4) is 0 Å². The van der Waals surface area contributed by atoms with Crippen LogP contribution in [0, 0.1) is 20.8 Å². The lowest BCUT2D eigenvalue weighted by molar-refractivity contribution is 0.0673. The highest BCUT2D eigenvalue weighted by Crippen LogP contribution is 2.25. The van der Waals surface area contributed by atoms with Crippen molar-refractivity contribution in [2.45, 2.75) is 59.4 Å². The second-order valence-corrected chi connectivity index (χ2v) is 7.38. The van der Waals surface area contributed by atoms with E-state index in [2.05, 4.69) is 42.8 Å². The van der Waals surface area contributed by atoms with Gasteiger partial charge in [0.15, 0.2) is 0 Å². The fourth-order valence-corrected chi connectivity index (χ4v) is 3.96. The van der Waals surface area contributed by atoms with E-state index in [4.69, 9.17) is 4.74 Å². The Morgan fingerprint density at radius 3 is 2.62 bits per heavy atom. The molecule has 1 N–H and O–H groups in total. The maximum absolute atomic E-state index is 9.77. The van der Waals surface area contributed by atoms with Crippen molar-refractivity contribution in [3.05, 3.63) is 64.0 Å². The summed E-state index contributed by atoms with van der Waals surface area (Å²) in [5.41, 5.74) is 7.12. The second kappa shape index (κ2) is 8.76. The number of aromatic nitrogens is 1. The summed E-state index contributed by atoms with van der Waals surface area (Å²) < 4.78 is 5.88. The number of aliphatic hydroxyl groups is 1. The highest BCUT2D eigenvalue weighted by Gasteiger charge is 2.21. The standard InChI is InChI=1S/C22H30N2O2/c1-16-11-17(2)22(15-25)18(3)21(16)14-24(13-20-8-6-10-26-20)12-19-7-4-5-9-23-19/h4-5,7,9,11,20,25H,6,8,10,12-15H2,1-3H3. The molecule has 4 heteroatoms. The van der Waals surface area contributed by atoms with E-state index in [0.717, 1.165) is 50.3 Å². The van der Waals surface area contributed by atoms with Crippen LogP contribution in [0.3, 0.4) is 0 Å². The van der Waals surface area contributed by atoms with Crippen LogP contribution in [0.2, 0.25) is 0 Å². The van der Waals surface area contributed by atoms with Crippen LogP contribution >= 0.6 is 0 Å². The van der Waals surface area contributed by atoms with E-state index in [-0.39, 0.29) is 6.61 Å². The van der Waals surface area contributed by atoms with E-state index < -0.39 is 0 Å². The van der Waals surface area contributed by atoms with Crippen LogP contribution in [0.25, 0.3) is 0 Å². The minimum atomic E-state index is 0.0942. The summed E-state index contributed by atoms with van der Waals surface area (Å²) in [6.07, 6.45) is 4.44. The molecule has 0 bridgehead atoms. The van der Waals surface area contributed by atoms with Gasteiger partial charge in [0.1, 0.15) is 0 Å². The first-order chi connectivity index (χ1) is 12.6. The van der Waals surface area contributed by atoms with Crippen molar-refractivity contribution in [1.82, 2.24) is 9.88 Å². The average molecular weight is 354 g/mol. The highest BCUT2D eigenvalue weighted by molar-refractivity contribution is 5.44. The number of nitrogens with zero attached hydrogens (tertiary/aromatic N) is 2. The normalized spacial score (nSPS) is 17.2. The quantitative estimate of drug-likeness (QED) is 0.824. The van der Waals surface area contributed by atoms with Crippen molar-refractivity contribution in [3.63, 3.8) is 0 Å². The van der Waals surface area contributed by atoms with Crippen LogP contribution in [0.4, 0.5) is 0 Å². The van der Waals surface area contributed by atoms with Gasteiger partial charge in [0.05, 0.1) is 18.4 Å². The molecule has 1 aromatic carbocycles. The summed E-state index contributed by atoms with van der Waals surface area (Å²) in [7, 11) is 0. The minimum absolute atomic E-state index is 0.0942. The van der Waals surface area contributed by atoms with Crippen LogP contribution in [-0.4, -0.2) is 34.2 Å². The molecule has 0 spiro atoms. The molecule has 1 aromatic heterocycles. The first kappa shape index (κ1) is 19.0. The molecule has 1 fully saturated rings. The number of aliphatic hydroxyl groups excluding tert-OH is 1. The van der Waals surface area contributed by atoms with Crippen molar-refractivity contribution in [1.29, 1.82) is 0 Å². The molecular formula is C22H30N2O2. The second-order valence-electron chi connectivity index (χ2n) is 7.38. The molecule has 0 saturated carbocycles. The zero-order valence-corrected chi connectivity index (χ0v) is 16.2. The van der Waals surface area contributed by atoms with Gasteiger partial charge in [0.25, 0.3) is 0 Å².